The van der Waals surface area contributed by atoms with Crippen molar-refractivity contribution in [1.82, 2.24) is 19.6 Å². The Bertz CT molecular complexity index is 1130. The van der Waals surface area contributed by atoms with Crippen LogP contribution < -0.4 is 20.9 Å². The Morgan fingerprint density at radius 3 is 1.27 bits per heavy atom. The van der Waals surface area contributed by atoms with E-state index in [1.165, 1.54) is 11.1 Å². The van der Waals surface area contributed by atoms with E-state index in [1.807, 2.05) is 46.2 Å². The van der Waals surface area contributed by atoms with Crippen LogP contribution >= 0.6 is 0 Å². The lowest BCUT2D eigenvalue weighted by atomic mass is 10.1. The van der Waals surface area contributed by atoms with E-state index in [1.54, 1.807) is 14.2 Å². The number of guanidine groups is 2. The van der Waals surface area contributed by atoms with Crippen LogP contribution in [0.25, 0.3) is 0 Å². The molecule has 0 unspecified atom stereocenters. The molecule has 4 rings (SSSR count). The predicted molar refractivity (Wildman–Crippen MR) is 154 cm³/mol. The molecule has 0 aliphatic carbocycles. The first-order chi connectivity index (χ1) is 19.4. The third-order valence-electron chi connectivity index (χ3n) is 6.60. The van der Waals surface area contributed by atoms with E-state index in [9.17, 15) is 0 Å². The fourth-order valence-electron chi connectivity index (χ4n) is 4.44. The van der Waals surface area contributed by atoms with Crippen molar-refractivity contribution in [2.24, 2.45) is 11.5 Å². The maximum absolute atomic E-state index is 8.52. The molecule has 2 fully saturated rings. The summed E-state index contributed by atoms with van der Waals surface area (Å²) in [6.07, 6.45) is 0. The Labute approximate surface area is 242 Å². The highest BCUT2D eigenvalue weighted by atomic mass is 32.3. The summed E-state index contributed by atoms with van der Waals surface area (Å²) < 4.78 is 44.8. The van der Waals surface area contributed by atoms with Gasteiger partial charge in [-0.15, -0.1) is 0 Å². The molecule has 2 aromatic rings. The third kappa shape index (κ3) is 12.6. The smallest absolute Gasteiger partial charge is 0.188 e. The van der Waals surface area contributed by atoms with Crippen molar-refractivity contribution in [3.05, 3.63) is 59.7 Å². The molecule has 0 spiro atoms. The van der Waals surface area contributed by atoms with E-state index in [0.717, 1.165) is 76.9 Å². The highest BCUT2D eigenvalue weighted by Gasteiger charge is 2.19. The van der Waals surface area contributed by atoms with Gasteiger partial charge < -0.3 is 39.8 Å². The van der Waals surface area contributed by atoms with Crippen LogP contribution in [0.3, 0.4) is 0 Å². The summed E-state index contributed by atoms with van der Waals surface area (Å²) in [5.74, 6) is 2.22. The summed E-state index contributed by atoms with van der Waals surface area (Å²) in [6, 6.07) is 16.2. The highest BCUT2D eigenvalue weighted by molar-refractivity contribution is 7.79. The number of methoxy groups -OCH3 is 2. The average molecular weight is 593 g/mol. The predicted octanol–water partition coefficient (Wildman–Crippen LogP) is 0.0745. The minimum atomic E-state index is -5.17. The molecule has 14 nitrogen and oxygen atoms in total. The van der Waals surface area contributed by atoms with Crippen LogP contribution in [0.1, 0.15) is 11.1 Å². The van der Waals surface area contributed by atoms with Crippen molar-refractivity contribution in [2.75, 3.05) is 66.6 Å². The number of rotatable bonds is 6. The first kappa shape index (κ1) is 33.6. The number of nitrogens with one attached hydrogen (secondary N) is 2. The molecule has 2 aromatic carbocycles. The topological polar surface area (TPSA) is 211 Å². The van der Waals surface area contributed by atoms with Crippen LogP contribution in [-0.4, -0.2) is 116 Å². The molecule has 0 amide bonds. The van der Waals surface area contributed by atoms with Gasteiger partial charge in [-0.1, -0.05) is 36.4 Å². The fraction of sp³-hybridized carbons (Fsp3) is 0.462. The van der Waals surface area contributed by atoms with Gasteiger partial charge in [0, 0.05) is 87.0 Å². The number of piperazine rings is 2. The van der Waals surface area contributed by atoms with E-state index in [4.69, 9.17) is 49.3 Å². The van der Waals surface area contributed by atoms with Gasteiger partial charge >= 0.3 is 0 Å². The van der Waals surface area contributed by atoms with Crippen molar-refractivity contribution < 1.29 is 27.0 Å². The zero-order valence-electron chi connectivity index (χ0n) is 23.5. The van der Waals surface area contributed by atoms with Crippen LogP contribution in [-0.2, 0) is 23.5 Å². The molecule has 0 saturated carbocycles. The van der Waals surface area contributed by atoms with E-state index < -0.39 is 10.4 Å². The maximum Gasteiger partial charge on any atom is 0.188 e. The average Bonchev–Trinajstić information content (AvgIpc) is 2.94. The zero-order chi connectivity index (χ0) is 30.4. The van der Waals surface area contributed by atoms with Crippen LogP contribution in [0, 0.1) is 10.8 Å². The lowest BCUT2D eigenvalue weighted by Gasteiger charge is -2.35. The Morgan fingerprint density at radius 2 is 1.00 bits per heavy atom. The first-order valence-corrected chi connectivity index (χ1v) is 14.3. The molecule has 2 saturated heterocycles. The van der Waals surface area contributed by atoms with Gasteiger partial charge in [-0.2, -0.15) is 0 Å². The quantitative estimate of drug-likeness (QED) is 0.152. The molecular formula is C26H40N8O6S-2. The molecule has 41 heavy (non-hydrogen) atoms. The van der Waals surface area contributed by atoms with Gasteiger partial charge in [0.15, 0.2) is 11.9 Å². The van der Waals surface area contributed by atoms with Crippen molar-refractivity contribution in [1.29, 1.82) is 10.8 Å². The molecule has 0 aromatic heterocycles. The molecule has 6 N–H and O–H groups in total. The van der Waals surface area contributed by atoms with E-state index in [2.05, 4.69) is 21.9 Å². The van der Waals surface area contributed by atoms with Crippen molar-refractivity contribution >= 4 is 22.3 Å². The minimum absolute atomic E-state index is 0.173. The fourth-order valence-corrected chi connectivity index (χ4v) is 4.44. The highest BCUT2D eigenvalue weighted by Crippen LogP contribution is 2.21. The van der Waals surface area contributed by atoms with Gasteiger partial charge in [0.05, 0.1) is 14.2 Å². The number of ether oxygens (including phenoxy) is 2. The number of hydrogen-bond acceptors (Lipinski definition) is 10. The van der Waals surface area contributed by atoms with Crippen LogP contribution in [0.5, 0.6) is 11.5 Å². The van der Waals surface area contributed by atoms with Gasteiger partial charge in [0.1, 0.15) is 11.5 Å². The summed E-state index contributed by atoms with van der Waals surface area (Å²) in [5, 5.41) is 14.8. The van der Waals surface area contributed by atoms with Crippen molar-refractivity contribution in [3.63, 3.8) is 0 Å². The summed E-state index contributed by atoms with van der Waals surface area (Å²) in [7, 11) is -1.76. The third-order valence-corrected chi connectivity index (χ3v) is 6.60. The van der Waals surface area contributed by atoms with Gasteiger partial charge in [-0.25, -0.2) is 0 Å². The van der Waals surface area contributed by atoms with E-state index >= 15 is 0 Å². The normalized spacial score (nSPS) is 16.0. The molecular weight excluding hydrogens is 552 g/mol. The van der Waals surface area contributed by atoms with Gasteiger partial charge in [0.25, 0.3) is 0 Å². The van der Waals surface area contributed by atoms with Gasteiger partial charge in [-0.05, 0) is 12.1 Å². The monoisotopic (exact) mass is 592 g/mol. The van der Waals surface area contributed by atoms with Gasteiger partial charge in [-0.3, -0.25) is 29.0 Å². The molecule has 228 valence electrons. The Kier molecular flexibility index (Phi) is 13.6. The largest absolute Gasteiger partial charge is 0.759 e. The molecule has 2 aliphatic heterocycles. The van der Waals surface area contributed by atoms with E-state index in [0.29, 0.717) is 0 Å². The first-order valence-electron chi connectivity index (χ1n) is 12.9. The van der Waals surface area contributed by atoms with Crippen LogP contribution in [0.4, 0.5) is 0 Å². The second-order valence-corrected chi connectivity index (χ2v) is 10.1. The second-order valence-electron chi connectivity index (χ2n) is 9.33. The standard InChI is InChI=1S/2C13H20N4O.H2O4S/c2*1-18-12-5-3-2-4-11(12)10-16-6-8-17(9-7-16)13(14)15;1-5(2,3)4/h2*2-5H,6-10H2,1H3,(H3,14,15);(H2,1,2,3,4)/p-2. The second kappa shape index (κ2) is 16.6. The Balaban J connectivity index is 0.000000247. The van der Waals surface area contributed by atoms with Crippen LogP contribution in [0.2, 0.25) is 0 Å². The summed E-state index contributed by atoms with van der Waals surface area (Å²) in [4.78, 5) is 8.52. The van der Waals surface area contributed by atoms with Gasteiger partial charge in [0.2, 0.25) is 0 Å². The Morgan fingerprint density at radius 1 is 0.707 bits per heavy atom. The molecule has 15 heteroatoms. The number of benzene rings is 2. The number of nitrogens with zero attached hydrogens (tertiary/aromatic N) is 4. The summed E-state index contributed by atoms with van der Waals surface area (Å²) >= 11 is 0. The molecule has 0 atom stereocenters. The SMILES string of the molecule is COc1ccccc1CN1CCN(C(=N)N)CC1.COc1ccccc1CN1CCN(C(=N)N)CC1.O=S(=O)([O-])[O-]. The molecule has 0 bridgehead atoms. The lowest BCUT2D eigenvalue weighted by Crippen LogP contribution is -2.50. The summed E-state index contributed by atoms with van der Waals surface area (Å²) in [5.41, 5.74) is 13.4. The maximum atomic E-state index is 8.52. The number of para-hydroxylation sites is 2. The summed E-state index contributed by atoms with van der Waals surface area (Å²) in [6.45, 7) is 8.78. The Hall–Kier alpha value is -3.63. The number of nitrogens with two attached hydrogens (primary N) is 2. The number of hydrogen-bond donors (Lipinski definition) is 4. The molecule has 0 radical (unpaired) electrons. The van der Waals surface area contributed by atoms with Crippen molar-refractivity contribution in [3.8, 4) is 11.5 Å². The van der Waals surface area contributed by atoms with Crippen LogP contribution in [0.15, 0.2) is 48.5 Å². The lowest BCUT2D eigenvalue weighted by molar-refractivity contribution is 0.172. The van der Waals surface area contributed by atoms with Crippen molar-refractivity contribution in [2.45, 2.75) is 13.1 Å². The molecule has 2 heterocycles. The minimum Gasteiger partial charge on any atom is -0.759 e. The van der Waals surface area contributed by atoms with E-state index in [-0.39, 0.29) is 11.9 Å². The zero-order valence-corrected chi connectivity index (χ0v) is 24.3. The molecule has 2 aliphatic rings.